The van der Waals surface area contributed by atoms with Crippen molar-refractivity contribution < 1.29 is 14.4 Å². The number of nitriles is 1. The third kappa shape index (κ3) is 3.48. The first kappa shape index (κ1) is 22.3. The van der Waals surface area contributed by atoms with E-state index in [-0.39, 0.29) is 5.91 Å². The molecule has 2 fully saturated rings. The standard InChI is InChI=1S/C27H22ClN3O3S/c1-15-6-8-16(9-7-15)23-22-24(34-31(23)18-12-10-17(28)11-13-18)26(33)30(25(22)32)27-20(14-29)19-4-2-3-5-21(19)35-27/h6-13,22-24H,2-5H2,1H3/t22-,23-,24-/m1/s1. The van der Waals surface area contributed by atoms with Gasteiger partial charge in [-0.15, -0.1) is 11.3 Å². The van der Waals surface area contributed by atoms with Gasteiger partial charge in [0, 0.05) is 9.90 Å². The normalized spacial score (nSPS) is 23.4. The summed E-state index contributed by atoms with van der Waals surface area (Å²) < 4.78 is 0. The third-order valence-electron chi connectivity index (χ3n) is 7.08. The van der Waals surface area contributed by atoms with Gasteiger partial charge in [-0.1, -0.05) is 41.4 Å². The molecule has 3 atom stereocenters. The van der Waals surface area contributed by atoms with Crippen LogP contribution in [-0.4, -0.2) is 17.9 Å². The summed E-state index contributed by atoms with van der Waals surface area (Å²) in [6, 6.07) is 16.8. The number of hydrogen-bond acceptors (Lipinski definition) is 6. The van der Waals surface area contributed by atoms with Gasteiger partial charge in [-0.05, 0) is 68.0 Å². The Bertz CT molecular complexity index is 1380. The molecule has 2 saturated heterocycles. The Labute approximate surface area is 212 Å². The summed E-state index contributed by atoms with van der Waals surface area (Å²) in [6.45, 7) is 2.00. The molecular weight excluding hydrogens is 482 g/mol. The molecule has 0 unspecified atom stereocenters. The number of imide groups is 1. The second-order valence-electron chi connectivity index (χ2n) is 9.22. The number of thiophene rings is 1. The van der Waals surface area contributed by atoms with E-state index in [0.717, 1.165) is 47.3 Å². The molecule has 0 N–H and O–H groups in total. The summed E-state index contributed by atoms with van der Waals surface area (Å²) in [5, 5.41) is 12.6. The molecule has 0 spiro atoms. The molecule has 35 heavy (non-hydrogen) atoms. The van der Waals surface area contributed by atoms with E-state index < -0.39 is 24.0 Å². The predicted molar refractivity (Wildman–Crippen MR) is 134 cm³/mol. The number of amides is 2. The maximum atomic E-state index is 13.9. The molecule has 8 heteroatoms. The average Bonchev–Trinajstić information content (AvgIpc) is 3.50. The number of nitrogens with zero attached hydrogens (tertiary/aromatic N) is 3. The maximum absolute atomic E-state index is 13.9. The van der Waals surface area contributed by atoms with Crippen LogP contribution < -0.4 is 9.96 Å². The number of fused-ring (bicyclic) bond motifs is 2. The van der Waals surface area contributed by atoms with Crippen molar-refractivity contribution in [3.63, 3.8) is 0 Å². The van der Waals surface area contributed by atoms with Gasteiger partial charge in [0.25, 0.3) is 5.91 Å². The van der Waals surface area contributed by atoms with Crippen molar-refractivity contribution in [2.24, 2.45) is 5.92 Å². The van der Waals surface area contributed by atoms with Gasteiger partial charge in [-0.3, -0.25) is 14.4 Å². The minimum Gasteiger partial charge on any atom is -0.273 e. The van der Waals surface area contributed by atoms with E-state index in [0.29, 0.717) is 21.3 Å². The molecule has 1 aliphatic carbocycles. The van der Waals surface area contributed by atoms with Gasteiger partial charge in [0.05, 0.1) is 17.3 Å². The topological polar surface area (TPSA) is 73.6 Å². The maximum Gasteiger partial charge on any atom is 0.267 e. The number of hydroxylamine groups is 1. The van der Waals surface area contributed by atoms with E-state index in [1.54, 1.807) is 17.2 Å². The molecule has 0 bridgehead atoms. The molecule has 176 valence electrons. The Balaban J connectivity index is 1.44. The first-order valence-corrected chi connectivity index (χ1v) is 12.9. The van der Waals surface area contributed by atoms with Crippen molar-refractivity contribution in [2.45, 2.75) is 44.8 Å². The van der Waals surface area contributed by atoms with Crippen LogP contribution in [0.2, 0.25) is 5.02 Å². The highest BCUT2D eigenvalue weighted by atomic mass is 35.5. The van der Waals surface area contributed by atoms with Crippen molar-refractivity contribution in [1.82, 2.24) is 0 Å². The van der Waals surface area contributed by atoms with Gasteiger partial charge in [-0.2, -0.15) is 5.26 Å². The zero-order valence-electron chi connectivity index (χ0n) is 19.0. The van der Waals surface area contributed by atoms with E-state index in [1.165, 1.54) is 16.2 Å². The molecule has 6 rings (SSSR count). The molecule has 6 nitrogen and oxygen atoms in total. The number of aryl methyl sites for hydroxylation is 2. The molecule has 2 amide bonds. The van der Waals surface area contributed by atoms with Crippen LogP contribution >= 0.6 is 22.9 Å². The minimum absolute atomic E-state index is 0.322. The zero-order valence-corrected chi connectivity index (χ0v) is 20.6. The lowest BCUT2D eigenvalue weighted by molar-refractivity contribution is -0.126. The summed E-state index contributed by atoms with van der Waals surface area (Å²) in [5.74, 6) is -1.47. The van der Waals surface area contributed by atoms with Gasteiger partial charge >= 0.3 is 0 Å². The van der Waals surface area contributed by atoms with Crippen LogP contribution in [0.25, 0.3) is 0 Å². The molecular formula is C27H22ClN3O3S. The minimum atomic E-state index is -0.963. The number of benzene rings is 2. The van der Waals surface area contributed by atoms with E-state index in [2.05, 4.69) is 6.07 Å². The van der Waals surface area contributed by atoms with Crippen LogP contribution in [0, 0.1) is 24.2 Å². The number of hydrogen-bond donors (Lipinski definition) is 0. The second-order valence-corrected chi connectivity index (χ2v) is 10.7. The van der Waals surface area contributed by atoms with Crippen LogP contribution in [0.15, 0.2) is 48.5 Å². The Kier molecular flexibility index (Phi) is 5.41. The largest absolute Gasteiger partial charge is 0.273 e. The Morgan fingerprint density at radius 2 is 1.74 bits per heavy atom. The van der Waals surface area contributed by atoms with E-state index >= 15 is 0 Å². The fourth-order valence-electron chi connectivity index (χ4n) is 5.35. The lowest BCUT2D eigenvalue weighted by Crippen LogP contribution is -2.37. The van der Waals surface area contributed by atoms with E-state index in [1.807, 2.05) is 43.3 Å². The summed E-state index contributed by atoms with van der Waals surface area (Å²) in [4.78, 5) is 36.2. The van der Waals surface area contributed by atoms with Gasteiger partial charge in [0.15, 0.2) is 6.10 Å². The Hall–Kier alpha value is -3.18. The molecule has 2 aromatic carbocycles. The Morgan fingerprint density at radius 1 is 1.03 bits per heavy atom. The molecule has 3 aliphatic rings. The fraction of sp³-hybridized carbons (Fsp3) is 0.296. The number of halogens is 1. The fourth-order valence-corrected chi connectivity index (χ4v) is 6.83. The van der Waals surface area contributed by atoms with Crippen molar-refractivity contribution in [3.05, 3.63) is 80.7 Å². The predicted octanol–water partition coefficient (Wildman–Crippen LogP) is 5.51. The van der Waals surface area contributed by atoms with Crippen molar-refractivity contribution in [1.29, 1.82) is 5.26 Å². The lowest BCUT2D eigenvalue weighted by atomic mass is 9.90. The van der Waals surface area contributed by atoms with Gasteiger partial charge < -0.3 is 0 Å². The number of carbonyl (C=O) groups is 2. The molecule has 0 radical (unpaired) electrons. The van der Waals surface area contributed by atoms with E-state index in [9.17, 15) is 14.9 Å². The number of carbonyl (C=O) groups excluding carboxylic acids is 2. The van der Waals surface area contributed by atoms with Crippen LogP contribution in [0.3, 0.4) is 0 Å². The van der Waals surface area contributed by atoms with Crippen LogP contribution in [0.4, 0.5) is 10.7 Å². The smallest absolute Gasteiger partial charge is 0.267 e. The summed E-state index contributed by atoms with van der Waals surface area (Å²) in [5.41, 5.74) is 4.15. The molecule has 3 heterocycles. The van der Waals surface area contributed by atoms with Crippen LogP contribution in [0.5, 0.6) is 0 Å². The van der Waals surface area contributed by atoms with E-state index in [4.69, 9.17) is 16.4 Å². The Morgan fingerprint density at radius 3 is 2.46 bits per heavy atom. The average molecular weight is 504 g/mol. The first-order valence-electron chi connectivity index (χ1n) is 11.7. The van der Waals surface area contributed by atoms with Crippen molar-refractivity contribution in [3.8, 4) is 6.07 Å². The monoisotopic (exact) mass is 503 g/mol. The SMILES string of the molecule is Cc1ccc([C@@H]2[C@H]3C(=O)N(c4sc5c(c4C#N)CCCC5)C(=O)[C@@H]3ON2c2ccc(Cl)cc2)cc1. The third-order valence-corrected chi connectivity index (χ3v) is 8.61. The highest BCUT2D eigenvalue weighted by Gasteiger charge is 2.61. The van der Waals surface area contributed by atoms with Gasteiger partial charge in [0.1, 0.15) is 17.0 Å². The molecule has 0 saturated carbocycles. The molecule has 2 aliphatic heterocycles. The lowest BCUT2D eigenvalue weighted by Gasteiger charge is -2.28. The highest BCUT2D eigenvalue weighted by molar-refractivity contribution is 7.17. The van der Waals surface area contributed by atoms with Crippen molar-refractivity contribution >= 4 is 45.4 Å². The number of anilines is 2. The zero-order chi connectivity index (χ0) is 24.3. The summed E-state index contributed by atoms with van der Waals surface area (Å²) >= 11 is 7.50. The summed E-state index contributed by atoms with van der Waals surface area (Å²) in [6.07, 6.45) is 2.80. The number of rotatable bonds is 3. The van der Waals surface area contributed by atoms with Crippen molar-refractivity contribution in [2.75, 3.05) is 9.96 Å². The first-order chi connectivity index (χ1) is 17.0. The summed E-state index contributed by atoms with van der Waals surface area (Å²) in [7, 11) is 0. The van der Waals surface area contributed by atoms with Gasteiger partial charge in [0.2, 0.25) is 5.91 Å². The quantitative estimate of drug-likeness (QED) is 0.440. The van der Waals surface area contributed by atoms with Crippen LogP contribution in [0.1, 0.15) is 46.0 Å². The van der Waals surface area contributed by atoms with Gasteiger partial charge in [-0.25, -0.2) is 9.96 Å². The molecule has 1 aromatic heterocycles. The van der Waals surface area contributed by atoms with Crippen LogP contribution in [-0.2, 0) is 27.3 Å². The second kappa shape index (κ2) is 8.49. The molecule has 3 aromatic rings. The highest BCUT2D eigenvalue weighted by Crippen LogP contribution is 2.50.